The van der Waals surface area contributed by atoms with Crippen LogP contribution in [0.2, 0.25) is 5.02 Å². The zero-order valence-electron chi connectivity index (χ0n) is 11.8. The van der Waals surface area contributed by atoms with Crippen molar-refractivity contribution in [1.29, 1.82) is 0 Å². The Bertz CT molecular complexity index is 659. The van der Waals surface area contributed by atoms with Crippen molar-refractivity contribution in [3.63, 3.8) is 0 Å². The first-order chi connectivity index (χ1) is 10.5. The molecule has 1 amide bonds. The summed E-state index contributed by atoms with van der Waals surface area (Å²) in [6, 6.07) is 10.0. The zero-order chi connectivity index (χ0) is 16.1. The first-order valence-corrected chi connectivity index (χ1v) is 7.06. The van der Waals surface area contributed by atoms with E-state index in [1.807, 2.05) is 0 Å². The van der Waals surface area contributed by atoms with Crippen LogP contribution in [0.25, 0.3) is 0 Å². The molecule has 0 spiro atoms. The molecule has 0 saturated heterocycles. The first-order valence-electron chi connectivity index (χ1n) is 6.69. The summed E-state index contributed by atoms with van der Waals surface area (Å²) in [5.41, 5.74) is -0.492. The molecule has 0 aliphatic rings. The summed E-state index contributed by atoms with van der Waals surface area (Å²) < 4.78 is 32.6. The third kappa shape index (κ3) is 3.74. The molecule has 0 aliphatic heterocycles. The molecule has 1 N–H and O–H groups in total. The minimum absolute atomic E-state index is 0.313. The minimum atomic E-state index is -0.918. The number of hydrogen-bond acceptors (Lipinski definition) is 2. The van der Waals surface area contributed by atoms with Crippen LogP contribution in [-0.4, -0.2) is 12.0 Å². The molecule has 1 atom stereocenters. The fourth-order valence-corrected chi connectivity index (χ4v) is 2.02. The second kappa shape index (κ2) is 7.22. The van der Waals surface area contributed by atoms with Crippen molar-refractivity contribution in [3.05, 3.63) is 59.1 Å². The zero-order valence-corrected chi connectivity index (χ0v) is 12.5. The molecule has 1 unspecified atom stereocenters. The van der Waals surface area contributed by atoms with Crippen LogP contribution in [0.5, 0.6) is 5.75 Å². The van der Waals surface area contributed by atoms with Crippen molar-refractivity contribution in [1.82, 2.24) is 0 Å². The number of halogens is 3. The molecule has 3 nitrogen and oxygen atoms in total. The monoisotopic (exact) mass is 325 g/mol. The van der Waals surface area contributed by atoms with Gasteiger partial charge in [0.05, 0.1) is 5.02 Å². The van der Waals surface area contributed by atoms with Gasteiger partial charge in [-0.05, 0) is 30.7 Å². The Balaban J connectivity index is 2.14. The highest BCUT2D eigenvalue weighted by Crippen LogP contribution is 2.25. The van der Waals surface area contributed by atoms with Gasteiger partial charge >= 0.3 is 0 Å². The summed E-state index contributed by atoms with van der Waals surface area (Å²) in [7, 11) is 0. The number of para-hydroxylation sites is 2. The number of carbonyl (C=O) groups is 1. The summed E-state index contributed by atoms with van der Waals surface area (Å²) in [6.07, 6.45) is -0.605. The van der Waals surface area contributed by atoms with Gasteiger partial charge < -0.3 is 10.1 Å². The minimum Gasteiger partial charge on any atom is -0.479 e. The molecule has 6 heteroatoms. The predicted molar refractivity (Wildman–Crippen MR) is 81.1 cm³/mol. The Kier molecular flexibility index (Phi) is 5.33. The second-order valence-corrected chi connectivity index (χ2v) is 4.94. The lowest BCUT2D eigenvalue weighted by Crippen LogP contribution is -2.33. The van der Waals surface area contributed by atoms with Crippen molar-refractivity contribution in [2.45, 2.75) is 19.4 Å². The largest absolute Gasteiger partial charge is 0.479 e. The van der Waals surface area contributed by atoms with E-state index in [1.54, 1.807) is 31.2 Å². The van der Waals surface area contributed by atoms with Gasteiger partial charge in [-0.25, -0.2) is 8.78 Å². The summed E-state index contributed by atoms with van der Waals surface area (Å²) >= 11 is 5.96. The molecule has 0 radical (unpaired) electrons. The van der Waals surface area contributed by atoms with E-state index >= 15 is 0 Å². The number of carbonyl (C=O) groups excluding carboxylic acids is 1. The van der Waals surface area contributed by atoms with Gasteiger partial charge in [-0.2, -0.15) is 0 Å². The van der Waals surface area contributed by atoms with Crippen LogP contribution < -0.4 is 10.1 Å². The highest BCUT2D eigenvalue weighted by Gasteiger charge is 2.22. The molecule has 2 aromatic carbocycles. The van der Waals surface area contributed by atoms with Crippen LogP contribution >= 0.6 is 11.6 Å². The maximum Gasteiger partial charge on any atom is 0.265 e. The van der Waals surface area contributed by atoms with E-state index < -0.39 is 29.3 Å². The number of amides is 1. The predicted octanol–water partition coefficient (Wildman–Crippen LogP) is 4.41. The number of ether oxygens (including phenoxy) is 1. The molecular formula is C16H14ClF2NO2. The molecule has 116 valence electrons. The molecule has 0 aromatic heterocycles. The summed E-state index contributed by atoms with van der Waals surface area (Å²) in [5, 5.41) is 2.56. The van der Waals surface area contributed by atoms with Crippen LogP contribution in [-0.2, 0) is 4.79 Å². The Labute approximate surface area is 131 Å². The molecule has 22 heavy (non-hydrogen) atoms. The van der Waals surface area contributed by atoms with Gasteiger partial charge in [0.2, 0.25) is 0 Å². The van der Waals surface area contributed by atoms with E-state index in [4.69, 9.17) is 16.3 Å². The van der Waals surface area contributed by atoms with E-state index in [-0.39, 0.29) is 0 Å². The normalized spacial score (nSPS) is 11.8. The van der Waals surface area contributed by atoms with E-state index in [0.29, 0.717) is 17.2 Å². The van der Waals surface area contributed by atoms with Crippen molar-refractivity contribution in [3.8, 4) is 5.75 Å². The maximum absolute atomic E-state index is 13.6. The van der Waals surface area contributed by atoms with Crippen LogP contribution in [0.3, 0.4) is 0 Å². The number of hydrogen-bond donors (Lipinski definition) is 1. The van der Waals surface area contributed by atoms with Crippen LogP contribution in [0.15, 0.2) is 42.5 Å². The molecule has 2 rings (SSSR count). The first kappa shape index (κ1) is 16.2. The fourth-order valence-electron chi connectivity index (χ4n) is 1.84. The van der Waals surface area contributed by atoms with Gasteiger partial charge in [0, 0.05) is 0 Å². The van der Waals surface area contributed by atoms with Gasteiger partial charge in [-0.15, -0.1) is 0 Å². The average molecular weight is 326 g/mol. The number of nitrogens with one attached hydrogen (secondary N) is 1. The maximum atomic E-state index is 13.6. The SMILES string of the molecule is CCC(Oc1ccccc1Cl)C(=O)Nc1c(F)cccc1F. The second-order valence-electron chi connectivity index (χ2n) is 4.53. The lowest BCUT2D eigenvalue weighted by Gasteiger charge is -2.18. The third-order valence-corrected chi connectivity index (χ3v) is 3.29. The van der Waals surface area contributed by atoms with E-state index in [9.17, 15) is 13.6 Å². The van der Waals surface area contributed by atoms with E-state index in [0.717, 1.165) is 12.1 Å². The quantitative estimate of drug-likeness (QED) is 0.884. The third-order valence-electron chi connectivity index (χ3n) is 2.98. The molecular weight excluding hydrogens is 312 g/mol. The van der Waals surface area contributed by atoms with Crippen LogP contribution in [0.4, 0.5) is 14.5 Å². The van der Waals surface area contributed by atoms with Crippen molar-refractivity contribution >= 4 is 23.2 Å². The van der Waals surface area contributed by atoms with Gasteiger partial charge in [0.15, 0.2) is 6.10 Å². The Morgan fingerprint density at radius 1 is 1.18 bits per heavy atom. The van der Waals surface area contributed by atoms with Crippen LogP contribution in [0.1, 0.15) is 13.3 Å². The highest BCUT2D eigenvalue weighted by atomic mass is 35.5. The summed E-state index contributed by atoms with van der Waals surface area (Å²) in [6.45, 7) is 1.72. The Morgan fingerprint density at radius 2 is 1.82 bits per heavy atom. The summed E-state index contributed by atoms with van der Waals surface area (Å²) in [4.78, 5) is 12.2. The van der Waals surface area contributed by atoms with Crippen molar-refractivity contribution in [2.75, 3.05) is 5.32 Å². The number of benzene rings is 2. The molecule has 0 fully saturated rings. The highest BCUT2D eigenvalue weighted by molar-refractivity contribution is 6.32. The lowest BCUT2D eigenvalue weighted by atomic mass is 10.2. The Hall–Kier alpha value is -2.14. The van der Waals surface area contributed by atoms with E-state index in [2.05, 4.69) is 5.32 Å². The Morgan fingerprint density at radius 3 is 2.41 bits per heavy atom. The van der Waals surface area contributed by atoms with Crippen molar-refractivity contribution < 1.29 is 18.3 Å². The van der Waals surface area contributed by atoms with Crippen molar-refractivity contribution in [2.24, 2.45) is 0 Å². The topological polar surface area (TPSA) is 38.3 Å². The fraction of sp³-hybridized carbons (Fsp3) is 0.188. The van der Waals surface area contributed by atoms with Gasteiger partial charge in [0.25, 0.3) is 5.91 Å². The smallest absolute Gasteiger partial charge is 0.265 e. The van der Waals surface area contributed by atoms with Crippen LogP contribution in [0, 0.1) is 11.6 Å². The van der Waals surface area contributed by atoms with E-state index in [1.165, 1.54) is 6.07 Å². The molecule has 0 aliphatic carbocycles. The molecule has 0 saturated carbocycles. The molecule has 0 heterocycles. The standard InChI is InChI=1S/C16H14ClF2NO2/c1-2-13(22-14-9-4-3-6-10(14)17)16(21)20-15-11(18)7-5-8-12(15)19/h3-9,13H,2H2,1H3,(H,20,21). The number of rotatable bonds is 5. The number of anilines is 1. The summed E-state index contributed by atoms with van der Waals surface area (Å²) in [5.74, 6) is -2.01. The van der Waals surface area contributed by atoms with Gasteiger partial charge in [0.1, 0.15) is 23.1 Å². The van der Waals surface area contributed by atoms with Gasteiger partial charge in [-0.3, -0.25) is 4.79 Å². The molecule has 0 bridgehead atoms. The van der Waals surface area contributed by atoms with Gasteiger partial charge in [-0.1, -0.05) is 36.7 Å². The molecule has 2 aromatic rings. The lowest BCUT2D eigenvalue weighted by molar-refractivity contribution is -0.122. The average Bonchev–Trinajstić information content (AvgIpc) is 2.50.